The van der Waals surface area contributed by atoms with Gasteiger partial charge >= 0.3 is 0 Å². The van der Waals surface area contributed by atoms with Crippen LogP contribution in [0.4, 0.5) is 5.69 Å². The number of nitrogens with zero attached hydrogens (tertiary/aromatic N) is 2. The van der Waals surface area contributed by atoms with Crippen molar-refractivity contribution in [1.29, 1.82) is 0 Å². The van der Waals surface area contributed by atoms with E-state index in [-0.39, 0.29) is 29.5 Å². The van der Waals surface area contributed by atoms with Crippen LogP contribution in [-0.4, -0.2) is 50.9 Å². The molecule has 1 atom stereocenters. The maximum absolute atomic E-state index is 14.7. The van der Waals surface area contributed by atoms with E-state index in [1.54, 1.807) is 36.4 Å². The highest BCUT2D eigenvalue weighted by molar-refractivity contribution is 9.10. The predicted octanol–water partition coefficient (Wildman–Crippen LogP) is 6.91. The third-order valence-electron chi connectivity index (χ3n) is 7.66. The van der Waals surface area contributed by atoms with Crippen molar-refractivity contribution in [2.24, 2.45) is 0 Å². The van der Waals surface area contributed by atoms with Gasteiger partial charge in [0, 0.05) is 24.0 Å². The number of aryl methyl sites for hydroxylation is 1. The molecule has 4 rings (SSSR count). The van der Waals surface area contributed by atoms with E-state index >= 15 is 0 Å². The summed E-state index contributed by atoms with van der Waals surface area (Å²) in [5.41, 5.74) is 2.80. The van der Waals surface area contributed by atoms with Crippen LogP contribution in [-0.2, 0) is 32.6 Å². The quantitative estimate of drug-likeness (QED) is 0.127. The molecular formula is C37H42BrN3O5S. The molecule has 0 aliphatic rings. The van der Waals surface area contributed by atoms with Crippen molar-refractivity contribution in [3.05, 3.63) is 124 Å². The third kappa shape index (κ3) is 9.68. The van der Waals surface area contributed by atoms with E-state index in [0.717, 1.165) is 38.3 Å². The summed E-state index contributed by atoms with van der Waals surface area (Å²) in [7, 11) is -4.24. The van der Waals surface area contributed by atoms with Crippen LogP contribution in [0.1, 0.15) is 43.4 Å². The smallest absolute Gasteiger partial charge is 0.264 e. The predicted molar refractivity (Wildman–Crippen MR) is 190 cm³/mol. The number of hydrogen-bond donors (Lipinski definition) is 1. The molecule has 0 heterocycles. The molecule has 0 aliphatic heterocycles. The van der Waals surface area contributed by atoms with Gasteiger partial charge in [-0.05, 0) is 67.8 Å². The first kappa shape index (κ1) is 35.7. The van der Waals surface area contributed by atoms with Gasteiger partial charge in [-0.1, -0.05) is 102 Å². The average molecular weight is 721 g/mol. The molecule has 2 amide bonds. The minimum Gasteiger partial charge on any atom is -0.492 e. The first-order valence-corrected chi connectivity index (χ1v) is 18.0. The molecule has 1 N–H and O–H groups in total. The molecule has 0 saturated carbocycles. The number of sulfonamides is 1. The zero-order valence-electron chi connectivity index (χ0n) is 27.1. The second-order valence-electron chi connectivity index (χ2n) is 11.2. The van der Waals surface area contributed by atoms with Crippen LogP contribution in [0.5, 0.6) is 5.75 Å². The summed E-state index contributed by atoms with van der Waals surface area (Å²) in [4.78, 5) is 30.1. The second-order valence-corrected chi connectivity index (χ2v) is 14.0. The van der Waals surface area contributed by atoms with Gasteiger partial charge in [-0.25, -0.2) is 8.42 Å². The number of carbonyl (C=O) groups is 2. The Morgan fingerprint density at radius 3 is 2.23 bits per heavy atom. The molecule has 10 heteroatoms. The summed E-state index contributed by atoms with van der Waals surface area (Å²) in [6, 6.07) is 29.4. The fourth-order valence-electron chi connectivity index (χ4n) is 5.18. The fourth-order valence-corrected chi connectivity index (χ4v) is 7.06. The Hall–Kier alpha value is -4.15. The van der Waals surface area contributed by atoms with E-state index in [4.69, 9.17) is 4.74 Å². The number of anilines is 1. The molecule has 4 aromatic carbocycles. The van der Waals surface area contributed by atoms with Gasteiger partial charge in [0.05, 0.1) is 17.2 Å². The largest absolute Gasteiger partial charge is 0.492 e. The minimum atomic E-state index is -4.24. The van der Waals surface area contributed by atoms with Gasteiger partial charge in [0.15, 0.2) is 0 Å². The maximum Gasteiger partial charge on any atom is 0.264 e. The van der Waals surface area contributed by atoms with Crippen molar-refractivity contribution in [1.82, 2.24) is 10.2 Å². The Labute approximate surface area is 286 Å². The number of halogens is 1. The normalized spacial score (nSPS) is 11.8. The summed E-state index contributed by atoms with van der Waals surface area (Å²) >= 11 is 3.52. The van der Waals surface area contributed by atoms with E-state index < -0.39 is 28.5 Å². The molecule has 0 unspecified atom stereocenters. The molecule has 47 heavy (non-hydrogen) atoms. The van der Waals surface area contributed by atoms with Gasteiger partial charge in [-0.15, -0.1) is 0 Å². The Bertz CT molecular complexity index is 1730. The minimum absolute atomic E-state index is 0.0406. The Balaban J connectivity index is 1.83. The number of para-hydroxylation sites is 2. The highest BCUT2D eigenvalue weighted by atomic mass is 79.9. The standard InChI is InChI=1S/C37H42BrN3O5S/c1-4-6-23-39-37(43)34(25-29-13-8-7-9-14-29)40(26-30-15-12-16-31(38)24-30)36(42)27-41(33-17-10-11-18-35(33)46-5-2)47(44,45)32-21-19-28(3)20-22-32/h7-22,24,34H,4-6,23,25-27H2,1-3H3,(H,39,43)/t34-/m1/s1. The van der Waals surface area contributed by atoms with Gasteiger partial charge in [-0.3, -0.25) is 13.9 Å². The number of benzene rings is 4. The topological polar surface area (TPSA) is 96.0 Å². The summed E-state index contributed by atoms with van der Waals surface area (Å²) in [6.45, 7) is 6.03. The van der Waals surface area contributed by atoms with E-state index in [9.17, 15) is 18.0 Å². The molecule has 0 spiro atoms. The first-order valence-electron chi connectivity index (χ1n) is 15.8. The SMILES string of the molecule is CCCCNC(=O)[C@@H](Cc1ccccc1)N(Cc1cccc(Br)c1)C(=O)CN(c1ccccc1OCC)S(=O)(=O)c1ccc(C)cc1. The first-order chi connectivity index (χ1) is 22.6. The van der Waals surface area contributed by atoms with E-state index in [0.29, 0.717) is 18.9 Å². The van der Waals surface area contributed by atoms with Crippen molar-refractivity contribution in [3.63, 3.8) is 0 Å². The van der Waals surface area contributed by atoms with Gasteiger partial charge in [0.1, 0.15) is 18.3 Å². The number of nitrogens with one attached hydrogen (secondary N) is 1. The molecule has 0 aliphatic carbocycles. The molecule has 0 aromatic heterocycles. The molecule has 248 valence electrons. The second kappa shape index (κ2) is 17.1. The molecule has 8 nitrogen and oxygen atoms in total. The van der Waals surface area contributed by atoms with Crippen molar-refractivity contribution in [2.45, 2.75) is 57.5 Å². The lowest BCUT2D eigenvalue weighted by molar-refractivity contribution is -0.140. The van der Waals surface area contributed by atoms with Crippen molar-refractivity contribution < 1.29 is 22.7 Å². The molecular weight excluding hydrogens is 678 g/mol. The molecule has 4 aromatic rings. The Kier molecular flexibility index (Phi) is 13.0. The number of unbranched alkanes of at least 4 members (excludes halogenated alkanes) is 1. The van der Waals surface area contributed by atoms with Gasteiger partial charge < -0.3 is 15.0 Å². The Morgan fingerprint density at radius 1 is 0.872 bits per heavy atom. The average Bonchev–Trinajstić information content (AvgIpc) is 3.06. The number of ether oxygens (including phenoxy) is 1. The Morgan fingerprint density at radius 2 is 1.55 bits per heavy atom. The van der Waals surface area contributed by atoms with Crippen LogP contribution in [0.3, 0.4) is 0 Å². The number of rotatable bonds is 16. The van der Waals surface area contributed by atoms with Gasteiger partial charge in [-0.2, -0.15) is 0 Å². The lowest BCUT2D eigenvalue weighted by atomic mass is 10.0. The highest BCUT2D eigenvalue weighted by Gasteiger charge is 2.35. The van der Waals surface area contributed by atoms with Crippen LogP contribution < -0.4 is 14.4 Å². The van der Waals surface area contributed by atoms with Crippen molar-refractivity contribution >= 4 is 43.5 Å². The third-order valence-corrected chi connectivity index (χ3v) is 9.93. The number of amides is 2. The monoisotopic (exact) mass is 719 g/mol. The summed E-state index contributed by atoms with van der Waals surface area (Å²) in [5.74, 6) is -0.498. The lowest BCUT2D eigenvalue weighted by Crippen LogP contribution is -2.53. The van der Waals surface area contributed by atoms with Crippen LogP contribution in [0.25, 0.3) is 0 Å². The van der Waals surface area contributed by atoms with E-state index in [2.05, 4.69) is 21.2 Å². The van der Waals surface area contributed by atoms with Gasteiger partial charge in [0.25, 0.3) is 10.0 Å². The fraction of sp³-hybridized carbons (Fsp3) is 0.297. The maximum atomic E-state index is 14.7. The van der Waals surface area contributed by atoms with Crippen LogP contribution in [0, 0.1) is 6.92 Å². The number of carbonyl (C=O) groups excluding carboxylic acids is 2. The highest BCUT2D eigenvalue weighted by Crippen LogP contribution is 2.33. The summed E-state index contributed by atoms with van der Waals surface area (Å²) in [5, 5.41) is 3.01. The molecule has 0 bridgehead atoms. The van der Waals surface area contributed by atoms with E-state index in [1.807, 2.05) is 75.4 Å². The van der Waals surface area contributed by atoms with Crippen LogP contribution in [0.2, 0.25) is 0 Å². The van der Waals surface area contributed by atoms with Crippen molar-refractivity contribution in [2.75, 3.05) is 24.0 Å². The van der Waals surface area contributed by atoms with E-state index in [1.165, 1.54) is 17.0 Å². The number of hydrogen-bond acceptors (Lipinski definition) is 5. The van der Waals surface area contributed by atoms with Crippen molar-refractivity contribution in [3.8, 4) is 5.75 Å². The molecule has 0 saturated heterocycles. The zero-order valence-corrected chi connectivity index (χ0v) is 29.5. The summed E-state index contributed by atoms with van der Waals surface area (Å²) < 4.78 is 36.4. The molecule has 0 fully saturated rings. The summed E-state index contributed by atoms with van der Waals surface area (Å²) in [6.07, 6.45) is 1.94. The van der Waals surface area contributed by atoms with Gasteiger partial charge in [0.2, 0.25) is 11.8 Å². The zero-order chi connectivity index (χ0) is 33.8. The lowest BCUT2D eigenvalue weighted by Gasteiger charge is -2.34. The molecule has 0 radical (unpaired) electrons. The van der Waals surface area contributed by atoms with Crippen LogP contribution >= 0.6 is 15.9 Å². The van der Waals surface area contributed by atoms with Crippen LogP contribution in [0.15, 0.2) is 112 Å².